The van der Waals surface area contributed by atoms with Crippen molar-refractivity contribution < 1.29 is 22.4 Å². The summed E-state index contributed by atoms with van der Waals surface area (Å²) < 4.78 is 36.1. The third-order valence-corrected chi connectivity index (χ3v) is 19.0. The van der Waals surface area contributed by atoms with Crippen LogP contribution < -0.4 is 10.4 Å². The Labute approximate surface area is 270 Å². The Bertz CT molecular complexity index is 1510. The van der Waals surface area contributed by atoms with Gasteiger partial charge in [-0.3, -0.25) is 4.79 Å². The van der Waals surface area contributed by atoms with Gasteiger partial charge in [-0.15, -0.1) is 0 Å². The molecule has 1 spiro atoms. The van der Waals surface area contributed by atoms with E-state index >= 15 is 0 Å². The smallest absolute Gasteiger partial charge is 0.306 e. The summed E-state index contributed by atoms with van der Waals surface area (Å²) in [5.41, 5.74) is 0.216. The number of amides is 1. The van der Waals surface area contributed by atoms with Crippen molar-refractivity contribution in [2.45, 2.75) is 110 Å². The van der Waals surface area contributed by atoms with E-state index < -0.39 is 30.3 Å². The Hall–Kier alpha value is -2.49. The van der Waals surface area contributed by atoms with Gasteiger partial charge < -0.3 is 9.63 Å². The third-order valence-electron chi connectivity index (χ3n) is 12.0. The highest BCUT2D eigenvalue weighted by atomic mass is 32.2. The molecule has 244 valence electrons. The maximum atomic E-state index is 13.9. The molecule has 45 heavy (non-hydrogen) atoms. The van der Waals surface area contributed by atoms with Crippen LogP contribution in [0.1, 0.15) is 92.4 Å². The topological polar surface area (TPSA) is 89.8 Å². The fourth-order valence-electron chi connectivity index (χ4n) is 9.55. The van der Waals surface area contributed by atoms with Crippen molar-refractivity contribution >= 4 is 40.3 Å². The van der Waals surface area contributed by atoms with Crippen molar-refractivity contribution in [3.8, 4) is 0 Å². The Balaban J connectivity index is 1.15. The maximum Gasteiger partial charge on any atom is 0.306 e. The number of carbonyl (C=O) groups is 1. The van der Waals surface area contributed by atoms with E-state index in [4.69, 9.17) is 4.43 Å². The van der Waals surface area contributed by atoms with Crippen LogP contribution >= 0.6 is 0 Å². The number of benzene rings is 2. The zero-order valence-electron chi connectivity index (χ0n) is 27.6. The molecule has 2 aliphatic heterocycles. The van der Waals surface area contributed by atoms with Crippen molar-refractivity contribution in [2.75, 3.05) is 12.4 Å². The van der Waals surface area contributed by atoms with Crippen LogP contribution in [0.5, 0.6) is 0 Å². The second-order valence-electron chi connectivity index (χ2n) is 15.5. The van der Waals surface area contributed by atoms with E-state index in [1.807, 2.05) is 12.1 Å². The molecule has 6 rings (SSSR count). The van der Waals surface area contributed by atoms with Gasteiger partial charge in [0.25, 0.3) is 8.32 Å². The predicted molar refractivity (Wildman–Crippen MR) is 182 cm³/mol. The van der Waals surface area contributed by atoms with Crippen LogP contribution in [-0.4, -0.2) is 61.8 Å². The van der Waals surface area contributed by atoms with Crippen LogP contribution in [0.25, 0.3) is 0 Å². The van der Waals surface area contributed by atoms with Gasteiger partial charge in [-0.25, -0.2) is 17.5 Å². The Morgan fingerprint density at radius 2 is 1.64 bits per heavy atom. The molecule has 2 aliphatic carbocycles. The number of hydrogen-bond acceptors (Lipinski definition) is 5. The van der Waals surface area contributed by atoms with Crippen LogP contribution in [0.15, 0.2) is 60.7 Å². The molecule has 0 aromatic heterocycles. The zero-order chi connectivity index (χ0) is 32.3. The van der Waals surface area contributed by atoms with Gasteiger partial charge in [-0.1, -0.05) is 95.3 Å². The molecular weight excluding hydrogens is 601 g/mol. The summed E-state index contributed by atoms with van der Waals surface area (Å²) >= 11 is 0. The number of hydrogen-bond donors (Lipinski definition) is 0. The molecule has 1 amide bonds. The summed E-state index contributed by atoms with van der Waals surface area (Å²) in [6, 6.07) is 19.9. The molecule has 2 aromatic carbocycles. The van der Waals surface area contributed by atoms with Crippen molar-refractivity contribution in [3.63, 3.8) is 0 Å². The average Bonchev–Trinajstić information content (AvgIpc) is 3.48. The number of unbranched alkanes of at least 4 members (excludes halogenated alkanes) is 1. The number of sulfonamides is 1. The fraction of sp³-hybridized carbons (Fsp3) is 0.611. The number of hydroxylamine groups is 1. The molecule has 4 atom stereocenters. The Morgan fingerprint density at radius 3 is 2.22 bits per heavy atom. The van der Waals surface area contributed by atoms with E-state index in [0.717, 1.165) is 43.3 Å². The molecular formula is C36H50N2O5SSi. The summed E-state index contributed by atoms with van der Waals surface area (Å²) in [7, 11) is -6.37. The number of rotatable bonds is 9. The second-order valence-corrected chi connectivity index (χ2v) is 21.7. The first-order chi connectivity index (χ1) is 21.3. The van der Waals surface area contributed by atoms with E-state index in [0.29, 0.717) is 37.5 Å². The highest BCUT2D eigenvalue weighted by Crippen LogP contribution is 2.70. The zero-order valence-corrected chi connectivity index (χ0v) is 29.4. The lowest BCUT2D eigenvalue weighted by Crippen LogP contribution is -2.66. The van der Waals surface area contributed by atoms with Crippen molar-refractivity contribution in [2.24, 2.45) is 16.7 Å². The van der Waals surface area contributed by atoms with Gasteiger partial charge in [0.2, 0.25) is 16.1 Å². The minimum atomic E-state index is -3.75. The minimum absolute atomic E-state index is 0.0351. The number of carbonyl (C=O) groups excluding carboxylic acids is 1. The SMILES string of the molecule is CC1(C)[C@@H]2CC[C@]13CS(=O)(=O)N(C(=O)[C@H]1CCCC(CCCCO[Si](c4ccccc4)(c4ccccc4)C(C)(C)C)=[N+]1[O-])[C@@H]3C2. The molecule has 2 aromatic rings. The number of fused-ring (bicyclic) bond motifs is 1. The number of nitrogens with zero attached hydrogens (tertiary/aromatic N) is 2. The molecule has 2 heterocycles. The molecule has 7 nitrogen and oxygen atoms in total. The predicted octanol–water partition coefficient (Wildman–Crippen LogP) is 5.60. The summed E-state index contributed by atoms with van der Waals surface area (Å²) in [5, 5.41) is 16.0. The summed E-state index contributed by atoms with van der Waals surface area (Å²) in [5.74, 6) is -0.0356. The van der Waals surface area contributed by atoms with Crippen molar-refractivity contribution in [3.05, 3.63) is 65.9 Å². The van der Waals surface area contributed by atoms with E-state index in [2.05, 4.69) is 83.1 Å². The van der Waals surface area contributed by atoms with Crippen LogP contribution in [0.2, 0.25) is 5.04 Å². The lowest BCUT2D eigenvalue weighted by molar-refractivity contribution is -0.495. The Kier molecular flexibility index (Phi) is 8.39. The molecule has 3 fully saturated rings. The van der Waals surface area contributed by atoms with Crippen LogP contribution in [0.4, 0.5) is 0 Å². The third kappa shape index (κ3) is 5.12. The minimum Gasteiger partial charge on any atom is -0.623 e. The molecule has 2 saturated carbocycles. The molecule has 0 unspecified atom stereocenters. The molecule has 4 aliphatic rings. The monoisotopic (exact) mass is 650 g/mol. The lowest BCUT2D eigenvalue weighted by atomic mass is 9.69. The molecule has 9 heteroatoms. The molecule has 2 bridgehead atoms. The summed E-state index contributed by atoms with van der Waals surface area (Å²) in [6.45, 7) is 11.7. The van der Waals surface area contributed by atoms with E-state index in [9.17, 15) is 18.4 Å². The van der Waals surface area contributed by atoms with Gasteiger partial charge in [0, 0.05) is 31.3 Å². The van der Waals surface area contributed by atoms with Gasteiger partial charge in [-0.05, 0) is 65.3 Å². The van der Waals surface area contributed by atoms with Gasteiger partial charge in [0.15, 0.2) is 5.71 Å². The van der Waals surface area contributed by atoms with Gasteiger partial charge in [0.1, 0.15) is 0 Å². The lowest BCUT2D eigenvalue weighted by Gasteiger charge is -2.43. The second kappa shape index (κ2) is 11.6. The highest BCUT2D eigenvalue weighted by molar-refractivity contribution is 7.90. The quantitative estimate of drug-likeness (QED) is 0.153. The van der Waals surface area contributed by atoms with E-state index in [1.54, 1.807) is 0 Å². The molecule has 1 saturated heterocycles. The van der Waals surface area contributed by atoms with Crippen molar-refractivity contribution in [1.29, 1.82) is 0 Å². The normalized spacial score (nSPS) is 28.8. The molecule has 0 radical (unpaired) electrons. The first-order valence-corrected chi connectivity index (χ1v) is 20.4. The molecule has 0 N–H and O–H groups in total. The van der Waals surface area contributed by atoms with Gasteiger partial charge >= 0.3 is 5.91 Å². The van der Waals surface area contributed by atoms with Crippen LogP contribution in [0.3, 0.4) is 0 Å². The first-order valence-electron chi connectivity index (χ1n) is 16.9. The summed E-state index contributed by atoms with van der Waals surface area (Å²) in [6.07, 6.45) is 6.53. The maximum absolute atomic E-state index is 13.9. The van der Waals surface area contributed by atoms with Crippen LogP contribution in [-0.2, 0) is 19.2 Å². The largest absolute Gasteiger partial charge is 0.623 e. The fourth-order valence-corrected chi connectivity index (χ4v) is 16.7. The van der Waals surface area contributed by atoms with Crippen molar-refractivity contribution in [1.82, 2.24) is 4.31 Å². The highest BCUT2D eigenvalue weighted by Gasteiger charge is 2.72. The van der Waals surface area contributed by atoms with Gasteiger partial charge in [0.05, 0.1) is 11.8 Å². The van der Waals surface area contributed by atoms with E-state index in [-0.39, 0.29) is 27.7 Å². The van der Waals surface area contributed by atoms with Crippen LogP contribution in [0, 0.1) is 22.0 Å². The first kappa shape index (κ1) is 32.4. The summed E-state index contributed by atoms with van der Waals surface area (Å²) in [4.78, 5) is 13.9. The standard InChI is InChI=1S/C36H50N2O5SSi/c1-34(2,3)45(29-17-8-6-9-18-29,30-19-10-7-11-20-30)43-24-13-12-15-28-16-14-21-31(37(28)40)33(39)38-32-25-27-22-23-36(32,35(27,4)5)26-44(38,41)42/h6-11,17-20,27,31-32H,12-16,21-26H2,1-5H3/t27-,31-,32-,36-/m1/s1. The average molecular weight is 651 g/mol. The van der Waals surface area contributed by atoms with Gasteiger partial charge in [-0.2, -0.15) is 0 Å². The van der Waals surface area contributed by atoms with E-state index in [1.165, 1.54) is 14.7 Å². The Morgan fingerprint density at radius 1 is 1.02 bits per heavy atom.